The summed E-state index contributed by atoms with van der Waals surface area (Å²) in [5.74, 6) is -0.561. The van der Waals surface area contributed by atoms with E-state index in [4.69, 9.17) is 0 Å². The van der Waals surface area contributed by atoms with Crippen molar-refractivity contribution in [2.45, 2.75) is 36.8 Å². The largest absolute Gasteiger partial charge is 0.324 e. The Labute approximate surface area is 259 Å². The van der Waals surface area contributed by atoms with Crippen LogP contribution in [-0.2, 0) is 9.59 Å². The molecule has 0 aliphatic carbocycles. The SMILES string of the molecule is CC(Sc1ccc(NC(=O)/C(=C/c2ccc(C(C)C)cc2)NC(=O)c2ccccc2)cc1)C(=O)Nc1ccccc1Br. The van der Waals surface area contributed by atoms with Crippen molar-refractivity contribution < 1.29 is 14.4 Å². The second-order valence-electron chi connectivity index (χ2n) is 9.91. The van der Waals surface area contributed by atoms with Gasteiger partial charge in [0.1, 0.15) is 5.70 Å². The Hall–Kier alpha value is -4.14. The molecule has 0 bridgehead atoms. The molecule has 6 nitrogen and oxygen atoms in total. The molecule has 3 N–H and O–H groups in total. The van der Waals surface area contributed by atoms with E-state index in [1.807, 2.05) is 73.7 Å². The summed E-state index contributed by atoms with van der Waals surface area (Å²) in [5, 5.41) is 8.23. The van der Waals surface area contributed by atoms with Gasteiger partial charge in [-0.05, 0) is 94.5 Å². The summed E-state index contributed by atoms with van der Waals surface area (Å²) in [6.07, 6.45) is 1.66. The molecule has 214 valence electrons. The maximum Gasteiger partial charge on any atom is 0.272 e. The Kier molecular flexibility index (Phi) is 10.8. The summed E-state index contributed by atoms with van der Waals surface area (Å²) in [7, 11) is 0. The standard InChI is InChI=1S/C34H32BrN3O3S/c1-22(2)25-15-13-24(14-16-25)21-31(38-33(40)26-9-5-4-6-10-26)34(41)36-27-17-19-28(20-18-27)42-23(3)32(39)37-30-12-8-7-11-29(30)35/h4-23H,1-3H3,(H,36,41)(H,37,39)(H,38,40)/b31-21-. The highest BCUT2D eigenvalue weighted by atomic mass is 79.9. The summed E-state index contributed by atoms with van der Waals surface area (Å²) in [4.78, 5) is 39.8. The Balaban J connectivity index is 1.45. The minimum absolute atomic E-state index is 0.116. The molecular formula is C34H32BrN3O3S. The molecule has 4 aromatic carbocycles. The molecule has 8 heteroatoms. The minimum atomic E-state index is -0.450. The quantitative estimate of drug-likeness (QED) is 0.121. The summed E-state index contributed by atoms with van der Waals surface area (Å²) in [5.41, 5.74) is 3.82. The molecule has 0 aliphatic heterocycles. The van der Waals surface area contributed by atoms with Gasteiger partial charge in [0.2, 0.25) is 5.91 Å². The lowest BCUT2D eigenvalue weighted by Crippen LogP contribution is -2.30. The van der Waals surface area contributed by atoms with Crippen LogP contribution in [0.3, 0.4) is 0 Å². The number of benzene rings is 4. The first-order valence-corrected chi connectivity index (χ1v) is 15.2. The van der Waals surface area contributed by atoms with Gasteiger partial charge in [0.15, 0.2) is 0 Å². The van der Waals surface area contributed by atoms with Crippen molar-refractivity contribution in [1.82, 2.24) is 5.32 Å². The molecule has 0 fully saturated rings. The van der Waals surface area contributed by atoms with Crippen molar-refractivity contribution in [3.05, 3.63) is 130 Å². The van der Waals surface area contributed by atoms with Crippen molar-refractivity contribution in [2.75, 3.05) is 10.6 Å². The highest BCUT2D eigenvalue weighted by Crippen LogP contribution is 2.27. The van der Waals surface area contributed by atoms with Crippen LogP contribution < -0.4 is 16.0 Å². The number of anilines is 2. The van der Waals surface area contributed by atoms with Crippen LogP contribution in [0.15, 0.2) is 118 Å². The van der Waals surface area contributed by atoms with Crippen LogP contribution >= 0.6 is 27.7 Å². The van der Waals surface area contributed by atoms with Crippen LogP contribution in [0.5, 0.6) is 0 Å². The highest BCUT2D eigenvalue weighted by Gasteiger charge is 2.17. The number of thioether (sulfide) groups is 1. The number of carbonyl (C=O) groups is 3. The fourth-order valence-corrected chi connectivity index (χ4v) is 5.21. The zero-order valence-corrected chi connectivity index (χ0v) is 26.0. The average molecular weight is 643 g/mol. The summed E-state index contributed by atoms with van der Waals surface area (Å²) in [6.45, 7) is 6.08. The van der Waals surface area contributed by atoms with Gasteiger partial charge in [0.05, 0.1) is 10.9 Å². The van der Waals surface area contributed by atoms with E-state index in [0.717, 1.165) is 14.9 Å². The second-order valence-corrected chi connectivity index (χ2v) is 12.2. The Morgan fingerprint density at radius 2 is 1.40 bits per heavy atom. The lowest BCUT2D eigenvalue weighted by atomic mass is 10.0. The predicted octanol–water partition coefficient (Wildman–Crippen LogP) is 8.10. The van der Waals surface area contributed by atoms with Gasteiger partial charge in [-0.1, -0.05) is 68.4 Å². The third-order valence-corrected chi connectivity index (χ3v) is 8.17. The molecule has 0 heterocycles. The molecular weight excluding hydrogens is 610 g/mol. The lowest BCUT2D eigenvalue weighted by Gasteiger charge is -2.14. The molecule has 0 aliphatic rings. The molecule has 0 saturated carbocycles. The molecule has 0 saturated heterocycles. The van der Waals surface area contributed by atoms with Gasteiger partial charge in [-0.25, -0.2) is 0 Å². The van der Waals surface area contributed by atoms with E-state index in [1.165, 1.54) is 17.3 Å². The first kappa shape index (κ1) is 30.8. The van der Waals surface area contributed by atoms with E-state index >= 15 is 0 Å². The monoisotopic (exact) mass is 641 g/mol. The van der Waals surface area contributed by atoms with Crippen LogP contribution in [0.1, 0.15) is 48.2 Å². The molecule has 0 radical (unpaired) electrons. The smallest absolute Gasteiger partial charge is 0.272 e. The first-order valence-electron chi connectivity index (χ1n) is 13.5. The van der Waals surface area contributed by atoms with Gasteiger partial charge in [-0.3, -0.25) is 14.4 Å². The maximum atomic E-state index is 13.4. The van der Waals surface area contributed by atoms with Crippen LogP contribution in [0.4, 0.5) is 11.4 Å². The van der Waals surface area contributed by atoms with E-state index in [2.05, 4.69) is 45.7 Å². The van der Waals surface area contributed by atoms with Crippen molar-refractivity contribution in [1.29, 1.82) is 0 Å². The first-order chi connectivity index (χ1) is 20.2. The number of halogens is 1. The number of rotatable bonds is 10. The predicted molar refractivity (Wildman–Crippen MR) is 176 cm³/mol. The summed E-state index contributed by atoms with van der Waals surface area (Å²) in [6, 6.07) is 31.3. The molecule has 0 aromatic heterocycles. The molecule has 3 amide bonds. The summed E-state index contributed by atoms with van der Waals surface area (Å²) >= 11 is 4.86. The van der Waals surface area contributed by atoms with E-state index in [0.29, 0.717) is 22.9 Å². The van der Waals surface area contributed by atoms with Gasteiger partial charge >= 0.3 is 0 Å². The Morgan fingerprint density at radius 1 is 0.762 bits per heavy atom. The number of carbonyl (C=O) groups excluding carboxylic acids is 3. The molecule has 1 atom stereocenters. The summed E-state index contributed by atoms with van der Waals surface area (Å²) < 4.78 is 0.816. The fourth-order valence-electron chi connectivity index (χ4n) is 3.96. The highest BCUT2D eigenvalue weighted by molar-refractivity contribution is 9.10. The average Bonchev–Trinajstić information content (AvgIpc) is 2.99. The van der Waals surface area contributed by atoms with Crippen molar-refractivity contribution in [3.8, 4) is 0 Å². The topological polar surface area (TPSA) is 87.3 Å². The number of hydrogen-bond donors (Lipinski definition) is 3. The van der Waals surface area contributed by atoms with Gasteiger partial charge in [0, 0.05) is 20.6 Å². The van der Waals surface area contributed by atoms with E-state index < -0.39 is 5.91 Å². The molecule has 4 aromatic rings. The van der Waals surface area contributed by atoms with E-state index in [9.17, 15) is 14.4 Å². The normalized spacial score (nSPS) is 12.0. The lowest BCUT2D eigenvalue weighted by molar-refractivity contribution is -0.115. The Bertz CT molecular complexity index is 1570. The number of para-hydroxylation sites is 1. The van der Waals surface area contributed by atoms with Crippen molar-refractivity contribution in [3.63, 3.8) is 0 Å². The van der Waals surface area contributed by atoms with Crippen LogP contribution in [0.25, 0.3) is 6.08 Å². The van der Waals surface area contributed by atoms with Crippen LogP contribution in [0.2, 0.25) is 0 Å². The Morgan fingerprint density at radius 3 is 2.05 bits per heavy atom. The third kappa shape index (κ3) is 8.68. The van der Waals surface area contributed by atoms with Gasteiger partial charge < -0.3 is 16.0 Å². The minimum Gasteiger partial charge on any atom is -0.324 e. The zero-order valence-electron chi connectivity index (χ0n) is 23.6. The van der Waals surface area contributed by atoms with Gasteiger partial charge in [0.25, 0.3) is 11.8 Å². The number of hydrogen-bond acceptors (Lipinski definition) is 4. The molecule has 1 unspecified atom stereocenters. The molecule has 42 heavy (non-hydrogen) atoms. The van der Waals surface area contributed by atoms with E-state index in [1.54, 1.807) is 42.5 Å². The molecule has 4 rings (SSSR count). The second kappa shape index (κ2) is 14.7. The van der Waals surface area contributed by atoms with Gasteiger partial charge in [-0.2, -0.15) is 0 Å². The fraction of sp³-hybridized carbons (Fsp3) is 0.147. The van der Waals surface area contributed by atoms with Crippen LogP contribution in [0, 0.1) is 0 Å². The number of amides is 3. The van der Waals surface area contributed by atoms with E-state index in [-0.39, 0.29) is 22.8 Å². The zero-order chi connectivity index (χ0) is 30.1. The molecule has 0 spiro atoms. The van der Waals surface area contributed by atoms with Gasteiger partial charge in [-0.15, -0.1) is 11.8 Å². The van der Waals surface area contributed by atoms with Crippen molar-refractivity contribution in [2.24, 2.45) is 0 Å². The van der Waals surface area contributed by atoms with Crippen LogP contribution in [-0.4, -0.2) is 23.0 Å². The number of nitrogens with one attached hydrogen (secondary N) is 3. The maximum absolute atomic E-state index is 13.4. The van der Waals surface area contributed by atoms with Crippen molar-refractivity contribution >= 4 is 62.9 Å². The third-order valence-electron chi connectivity index (χ3n) is 6.37.